The maximum atomic E-state index is 13.5. The molecule has 1 aliphatic heterocycles. The lowest BCUT2D eigenvalue weighted by molar-refractivity contribution is -0.319. The van der Waals surface area contributed by atoms with Gasteiger partial charge in [0.1, 0.15) is 35.9 Å². The molecule has 224 valence electrons. The van der Waals surface area contributed by atoms with Crippen LogP contribution in [-0.2, 0) is 47.6 Å². The number of hydrogen-bond acceptors (Lipinski definition) is 11. The van der Waals surface area contributed by atoms with Crippen LogP contribution < -0.4 is 0 Å². The first-order valence-corrected chi connectivity index (χ1v) is 13.8. The van der Waals surface area contributed by atoms with Crippen molar-refractivity contribution in [2.24, 2.45) is 17.3 Å². The summed E-state index contributed by atoms with van der Waals surface area (Å²) in [5.41, 5.74) is -3.74. The molecule has 1 aromatic carbocycles. The van der Waals surface area contributed by atoms with Crippen LogP contribution in [0.15, 0.2) is 30.3 Å². The Morgan fingerprint density at radius 1 is 0.805 bits per heavy atom. The number of esters is 5. The Kier molecular flexibility index (Phi) is 8.23. The lowest BCUT2D eigenvalue weighted by Gasteiger charge is -2.63. The number of rotatable bonds is 7. The van der Waals surface area contributed by atoms with Gasteiger partial charge < -0.3 is 28.4 Å². The molecule has 0 aromatic heterocycles. The zero-order valence-corrected chi connectivity index (χ0v) is 24.5. The molecule has 0 N–H and O–H groups in total. The van der Waals surface area contributed by atoms with Crippen LogP contribution in [0.2, 0.25) is 0 Å². The molecule has 0 unspecified atom stereocenters. The van der Waals surface area contributed by atoms with Gasteiger partial charge in [0.2, 0.25) is 0 Å². The van der Waals surface area contributed by atoms with E-state index in [4.69, 9.17) is 28.4 Å². The molecule has 0 amide bonds. The van der Waals surface area contributed by atoms with Crippen molar-refractivity contribution in [1.82, 2.24) is 0 Å². The molecule has 3 fully saturated rings. The third-order valence-electron chi connectivity index (χ3n) is 8.72. The molecule has 1 heterocycles. The average molecular weight is 575 g/mol. The normalized spacial score (nSPS) is 34.9. The number of hydrogen-bond donors (Lipinski definition) is 0. The summed E-state index contributed by atoms with van der Waals surface area (Å²) in [6, 6.07) is 8.36. The highest BCUT2D eigenvalue weighted by Crippen LogP contribution is 2.68. The largest absolute Gasteiger partial charge is 0.465 e. The lowest BCUT2D eigenvalue weighted by atomic mass is 9.47. The molecule has 1 aromatic rings. The van der Waals surface area contributed by atoms with E-state index in [1.165, 1.54) is 27.7 Å². The molecule has 8 atom stereocenters. The van der Waals surface area contributed by atoms with E-state index in [1.807, 2.05) is 20.8 Å². The molecule has 2 saturated carbocycles. The van der Waals surface area contributed by atoms with Gasteiger partial charge in [-0.25, -0.2) is 4.79 Å². The third kappa shape index (κ3) is 5.20. The van der Waals surface area contributed by atoms with Crippen molar-refractivity contribution in [2.75, 3.05) is 6.61 Å². The molecule has 3 aliphatic rings. The van der Waals surface area contributed by atoms with E-state index < -0.39 is 89.3 Å². The topological polar surface area (TPSA) is 141 Å². The van der Waals surface area contributed by atoms with E-state index in [2.05, 4.69) is 0 Å². The quantitative estimate of drug-likeness (QED) is 0.350. The summed E-state index contributed by atoms with van der Waals surface area (Å²) in [6.45, 7) is 10.1. The van der Waals surface area contributed by atoms with Crippen molar-refractivity contribution in [1.29, 1.82) is 0 Å². The van der Waals surface area contributed by atoms with E-state index in [0.29, 0.717) is 0 Å². The van der Waals surface area contributed by atoms with Gasteiger partial charge in [-0.05, 0) is 44.7 Å². The van der Waals surface area contributed by atoms with E-state index in [9.17, 15) is 24.0 Å². The van der Waals surface area contributed by atoms with Gasteiger partial charge in [-0.1, -0.05) is 25.1 Å². The Hall–Kier alpha value is -3.47. The standard InChI is InChI=1S/C30H38O11/c1-16-13-23(37-18(3)32)26(39-20(5)34)29(15-36-17(2)31)24(40-27(35)21-11-9-8-10-12-21)14-22-25(38-19(4)33)30(16,29)41-28(22,6)7/h8-12,16,22-26H,13-15H2,1-7H3/t16-,22+,23+,24+,25+,26+,29+,30+/m0/s1. The maximum absolute atomic E-state index is 13.5. The van der Waals surface area contributed by atoms with Crippen molar-refractivity contribution in [3.8, 4) is 0 Å². The van der Waals surface area contributed by atoms with Crippen LogP contribution in [0.25, 0.3) is 0 Å². The van der Waals surface area contributed by atoms with Gasteiger partial charge in [0.25, 0.3) is 0 Å². The van der Waals surface area contributed by atoms with Crippen molar-refractivity contribution in [2.45, 2.75) is 96.9 Å². The minimum absolute atomic E-state index is 0.115. The van der Waals surface area contributed by atoms with E-state index >= 15 is 0 Å². The van der Waals surface area contributed by atoms with Crippen LogP contribution in [0.1, 0.15) is 71.7 Å². The van der Waals surface area contributed by atoms with Crippen LogP contribution in [0.4, 0.5) is 0 Å². The molecule has 2 bridgehead atoms. The van der Waals surface area contributed by atoms with Crippen molar-refractivity contribution >= 4 is 29.8 Å². The summed E-state index contributed by atoms with van der Waals surface area (Å²) in [5, 5.41) is 0. The van der Waals surface area contributed by atoms with E-state index in [0.717, 1.165) is 0 Å². The number of fused-ring (bicyclic) bond motifs is 1. The van der Waals surface area contributed by atoms with Crippen molar-refractivity contribution < 1.29 is 52.4 Å². The van der Waals surface area contributed by atoms with Crippen LogP contribution in [0, 0.1) is 17.3 Å². The number of ether oxygens (including phenoxy) is 6. The molecule has 1 spiro atoms. The number of benzene rings is 1. The van der Waals surface area contributed by atoms with Gasteiger partial charge in [0, 0.05) is 33.6 Å². The Morgan fingerprint density at radius 3 is 1.95 bits per heavy atom. The summed E-state index contributed by atoms with van der Waals surface area (Å²) >= 11 is 0. The van der Waals surface area contributed by atoms with Gasteiger partial charge in [0.05, 0.1) is 11.2 Å². The zero-order chi connectivity index (χ0) is 30.3. The van der Waals surface area contributed by atoms with Gasteiger partial charge in [-0.2, -0.15) is 0 Å². The van der Waals surface area contributed by atoms with Crippen LogP contribution >= 0.6 is 0 Å². The Bertz CT molecular complexity index is 1210. The third-order valence-corrected chi connectivity index (χ3v) is 8.72. The van der Waals surface area contributed by atoms with Crippen LogP contribution in [-0.4, -0.2) is 72.1 Å². The lowest BCUT2D eigenvalue weighted by Crippen LogP contribution is -2.78. The molecule has 11 heteroatoms. The van der Waals surface area contributed by atoms with Gasteiger partial charge >= 0.3 is 29.8 Å². The van der Waals surface area contributed by atoms with Crippen molar-refractivity contribution in [3.05, 3.63) is 35.9 Å². The predicted molar refractivity (Wildman–Crippen MR) is 141 cm³/mol. The van der Waals surface area contributed by atoms with Crippen molar-refractivity contribution in [3.63, 3.8) is 0 Å². The first-order valence-electron chi connectivity index (χ1n) is 13.8. The Labute approximate surface area is 239 Å². The van der Waals surface area contributed by atoms with Crippen LogP contribution in [0.5, 0.6) is 0 Å². The predicted octanol–water partition coefficient (Wildman–Crippen LogP) is 3.16. The average Bonchev–Trinajstić information content (AvgIpc) is 3.03. The molecule has 2 aliphatic carbocycles. The molecule has 41 heavy (non-hydrogen) atoms. The monoisotopic (exact) mass is 574 g/mol. The maximum Gasteiger partial charge on any atom is 0.338 e. The molecule has 1 saturated heterocycles. The molecule has 11 nitrogen and oxygen atoms in total. The second-order valence-electron chi connectivity index (χ2n) is 11.8. The van der Waals surface area contributed by atoms with Gasteiger partial charge in [-0.15, -0.1) is 0 Å². The van der Waals surface area contributed by atoms with Gasteiger partial charge in [0.15, 0.2) is 6.10 Å². The zero-order valence-electron chi connectivity index (χ0n) is 24.5. The smallest absolute Gasteiger partial charge is 0.338 e. The molecular weight excluding hydrogens is 536 g/mol. The Morgan fingerprint density at radius 2 is 1.39 bits per heavy atom. The first-order chi connectivity index (χ1) is 19.2. The summed E-state index contributed by atoms with van der Waals surface area (Å²) in [4.78, 5) is 63.2. The fourth-order valence-electron chi connectivity index (χ4n) is 7.38. The second kappa shape index (κ2) is 11.1. The van der Waals surface area contributed by atoms with E-state index in [1.54, 1.807) is 30.3 Å². The number of carbonyl (C=O) groups excluding carboxylic acids is 5. The van der Waals surface area contributed by atoms with Gasteiger partial charge in [-0.3, -0.25) is 19.2 Å². The van der Waals surface area contributed by atoms with Crippen LogP contribution in [0.3, 0.4) is 0 Å². The first kappa shape index (κ1) is 30.5. The molecule has 0 radical (unpaired) electrons. The highest BCUT2D eigenvalue weighted by atomic mass is 16.6. The number of carbonyl (C=O) groups is 5. The minimum Gasteiger partial charge on any atom is -0.465 e. The summed E-state index contributed by atoms with van der Waals surface area (Å²) < 4.78 is 36.4. The molecular formula is C30H38O11. The molecule has 4 rings (SSSR count). The SMILES string of the molecule is CC(=O)OC[C@@]12[C@H](OC(C)=O)[C@H](OC(C)=O)C[C@H](C)[C@]13OC(C)(C)[C@H](C[C@H]2OC(=O)c1ccccc1)[C@H]3OC(C)=O. The second-order valence-corrected chi connectivity index (χ2v) is 11.8. The summed E-state index contributed by atoms with van der Waals surface area (Å²) in [7, 11) is 0. The Balaban J connectivity index is 2.01. The highest BCUT2D eigenvalue weighted by Gasteiger charge is 2.82. The van der Waals surface area contributed by atoms with E-state index in [-0.39, 0.29) is 18.4 Å². The summed E-state index contributed by atoms with van der Waals surface area (Å²) in [6.07, 6.45) is -3.97. The fraction of sp³-hybridized carbons (Fsp3) is 0.633. The summed E-state index contributed by atoms with van der Waals surface area (Å²) in [5.74, 6) is -4.13. The fourth-order valence-corrected chi connectivity index (χ4v) is 7.38. The highest BCUT2D eigenvalue weighted by molar-refractivity contribution is 5.89. The minimum atomic E-state index is -1.64.